The van der Waals surface area contributed by atoms with Gasteiger partial charge in [0.25, 0.3) is 0 Å². The zero-order chi connectivity index (χ0) is 20.1. The van der Waals surface area contributed by atoms with Crippen LogP contribution in [0.5, 0.6) is 5.75 Å². The summed E-state index contributed by atoms with van der Waals surface area (Å²) >= 11 is 0. The Morgan fingerprint density at radius 1 is 0.793 bits per heavy atom. The second-order valence-corrected chi connectivity index (χ2v) is 6.84. The lowest BCUT2D eigenvalue weighted by molar-refractivity contribution is 0.415. The molecule has 1 N–H and O–H groups in total. The highest BCUT2D eigenvalue weighted by atomic mass is 16.5. The molecule has 0 aliphatic heterocycles. The minimum atomic E-state index is 0.718. The quantitative estimate of drug-likeness (QED) is 0.459. The highest BCUT2D eigenvalue weighted by molar-refractivity contribution is 5.65. The van der Waals surface area contributed by atoms with E-state index in [1.807, 2.05) is 67.6 Å². The molecule has 0 spiro atoms. The maximum Gasteiger partial charge on any atom is 0.161 e. The molecule has 4 rings (SSSR count). The number of aryl methyl sites for hydroxylation is 1. The van der Waals surface area contributed by atoms with Gasteiger partial charge in [0.15, 0.2) is 5.82 Å². The topological polar surface area (TPSA) is 47.0 Å². The van der Waals surface area contributed by atoms with Crippen molar-refractivity contribution < 1.29 is 4.74 Å². The van der Waals surface area contributed by atoms with Crippen molar-refractivity contribution in [1.82, 2.24) is 9.97 Å². The molecule has 3 aromatic carbocycles. The molecule has 4 nitrogen and oxygen atoms in total. The van der Waals surface area contributed by atoms with Crippen LogP contribution >= 0.6 is 0 Å². The zero-order valence-electron chi connectivity index (χ0n) is 16.6. The van der Waals surface area contributed by atoms with Crippen LogP contribution in [0.25, 0.3) is 11.4 Å². The van der Waals surface area contributed by atoms with Crippen LogP contribution in [-0.2, 0) is 6.42 Å². The smallest absolute Gasteiger partial charge is 0.161 e. The maximum atomic E-state index is 5.26. The lowest BCUT2D eigenvalue weighted by Gasteiger charge is -2.16. The first-order valence-corrected chi connectivity index (χ1v) is 9.61. The highest BCUT2D eigenvalue weighted by Gasteiger charge is 2.14. The molecule has 144 valence electrons. The van der Waals surface area contributed by atoms with Gasteiger partial charge in [0.1, 0.15) is 11.6 Å². The van der Waals surface area contributed by atoms with Crippen LogP contribution in [0.4, 0.5) is 11.5 Å². The van der Waals surface area contributed by atoms with Crippen LogP contribution in [0.3, 0.4) is 0 Å². The molecule has 0 aliphatic carbocycles. The Kier molecular flexibility index (Phi) is 5.52. The third-order valence-corrected chi connectivity index (χ3v) is 4.82. The predicted octanol–water partition coefficient (Wildman–Crippen LogP) is 5.80. The van der Waals surface area contributed by atoms with Crippen molar-refractivity contribution in [3.05, 3.63) is 102 Å². The van der Waals surface area contributed by atoms with E-state index in [2.05, 4.69) is 29.6 Å². The van der Waals surface area contributed by atoms with Gasteiger partial charge in [-0.1, -0.05) is 60.7 Å². The zero-order valence-corrected chi connectivity index (χ0v) is 16.6. The van der Waals surface area contributed by atoms with Crippen molar-refractivity contribution in [3.63, 3.8) is 0 Å². The number of methoxy groups -OCH3 is 1. The van der Waals surface area contributed by atoms with Gasteiger partial charge in [-0.15, -0.1) is 0 Å². The first kappa shape index (κ1) is 18.7. The van der Waals surface area contributed by atoms with E-state index in [9.17, 15) is 0 Å². The largest absolute Gasteiger partial charge is 0.497 e. The highest BCUT2D eigenvalue weighted by Crippen LogP contribution is 2.28. The summed E-state index contributed by atoms with van der Waals surface area (Å²) < 4.78 is 5.26. The van der Waals surface area contributed by atoms with Gasteiger partial charge in [0, 0.05) is 28.9 Å². The second kappa shape index (κ2) is 8.57. The summed E-state index contributed by atoms with van der Waals surface area (Å²) in [6, 6.07) is 28.3. The Bertz CT molecular complexity index is 1080. The molecule has 0 bridgehead atoms. The first-order chi connectivity index (χ1) is 14.2. The molecule has 0 fully saturated rings. The molecule has 0 saturated heterocycles. The molecule has 0 radical (unpaired) electrons. The summed E-state index contributed by atoms with van der Waals surface area (Å²) in [5.41, 5.74) is 5.24. The summed E-state index contributed by atoms with van der Waals surface area (Å²) in [6.45, 7) is 2.05. The van der Waals surface area contributed by atoms with E-state index in [-0.39, 0.29) is 0 Å². The number of anilines is 2. The molecular weight excluding hydrogens is 358 g/mol. The second-order valence-electron chi connectivity index (χ2n) is 6.84. The Morgan fingerprint density at radius 2 is 1.45 bits per heavy atom. The van der Waals surface area contributed by atoms with Gasteiger partial charge in [0.2, 0.25) is 0 Å². The minimum absolute atomic E-state index is 0.718. The standard InChI is InChI=1S/C25H23N3O/c1-18-23(17-19-9-5-3-6-10-19)25(27-21-13-15-22(29-2)16-14-21)28-24(26-18)20-11-7-4-8-12-20/h3-16H,17H2,1-2H3,(H,26,27,28). The average Bonchev–Trinajstić information content (AvgIpc) is 2.78. The molecule has 0 aliphatic rings. The van der Waals surface area contributed by atoms with Gasteiger partial charge in [-0.2, -0.15) is 0 Å². The lowest BCUT2D eigenvalue weighted by Crippen LogP contribution is -2.06. The number of nitrogens with zero attached hydrogens (tertiary/aromatic N) is 2. The van der Waals surface area contributed by atoms with E-state index >= 15 is 0 Å². The Hall–Kier alpha value is -3.66. The minimum Gasteiger partial charge on any atom is -0.497 e. The Balaban J connectivity index is 1.76. The van der Waals surface area contributed by atoms with Crippen molar-refractivity contribution in [2.45, 2.75) is 13.3 Å². The Labute approximate surface area is 171 Å². The summed E-state index contributed by atoms with van der Waals surface area (Å²) in [4.78, 5) is 9.68. The van der Waals surface area contributed by atoms with Crippen LogP contribution in [0.15, 0.2) is 84.9 Å². The molecule has 4 aromatic rings. The monoisotopic (exact) mass is 381 g/mol. The molecule has 4 heteroatoms. The fraction of sp³-hybridized carbons (Fsp3) is 0.120. The van der Waals surface area contributed by atoms with Gasteiger partial charge in [0.05, 0.1) is 7.11 Å². The fourth-order valence-electron chi connectivity index (χ4n) is 3.24. The van der Waals surface area contributed by atoms with E-state index in [1.165, 1.54) is 5.56 Å². The van der Waals surface area contributed by atoms with Crippen LogP contribution < -0.4 is 10.1 Å². The molecule has 0 atom stereocenters. The number of rotatable bonds is 6. The van der Waals surface area contributed by atoms with Crippen molar-refractivity contribution >= 4 is 11.5 Å². The van der Waals surface area contributed by atoms with Gasteiger partial charge in [-0.3, -0.25) is 0 Å². The SMILES string of the molecule is COc1ccc(Nc2nc(-c3ccccc3)nc(C)c2Cc2ccccc2)cc1. The number of hydrogen-bond acceptors (Lipinski definition) is 4. The number of hydrogen-bond donors (Lipinski definition) is 1. The maximum absolute atomic E-state index is 5.26. The predicted molar refractivity (Wildman–Crippen MR) is 118 cm³/mol. The third kappa shape index (κ3) is 4.43. The van der Waals surface area contributed by atoms with Gasteiger partial charge in [-0.25, -0.2) is 9.97 Å². The molecule has 1 aromatic heterocycles. The van der Waals surface area contributed by atoms with E-state index in [4.69, 9.17) is 14.7 Å². The normalized spacial score (nSPS) is 10.6. The van der Waals surface area contributed by atoms with Crippen molar-refractivity contribution in [2.75, 3.05) is 12.4 Å². The van der Waals surface area contributed by atoms with E-state index in [0.29, 0.717) is 0 Å². The molecule has 0 saturated carbocycles. The number of ether oxygens (including phenoxy) is 1. The molecule has 0 amide bonds. The van der Waals surface area contributed by atoms with Crippen LogP contribution in [0.1, 0.15) is 16.8 Å². The number of nitrogens with one attached hydrogen (secondary N) is 1. The van der Waals surface area contributed by atoms with Crippen molar-refractivity contribution in [3.8, 4) is 17.1 Å². The van der Waals surface area contributed by atoms with E-state index in [1.54, 1.807) is 7.11 Å². The van der Waals surface area contributed by atoms with E-state index in [0.717, 1.165) is 46.3 Å². The van der Waals surface area contributed by atoms with Gasteiger partial charge in [-0.05, 0) is 36.8 Å². The fourth-order valence-corrected chi connectivity index (χ4v) is 3.24. The summed E-state index contributed by atoms with van der Waals surface area (Å²) in [5, 5.41) is 3.49. The van der Waals surface area contributed by atoms with Crippen molar-refractivity contribution in [2.24, 2.45) is 0 Å². The van der Waals surface area contributed by atoms with Crippen LogP contribution in [-0.4, -0.2) is 17.1 Å². The summed E-state index contributed by atoms with van der Waals surface area (Å²) in [6.07, 6.45) is 0.764. The van der Waals surface area contributed by atoms with Crippen LogP contribution in [0.2, 0.25) is 0 Å². The van der Waals surface area contributed by atoms with Crippen molar-refractivity contribution in [1.29, 1.82) is 0 Å². The molecule has 1 heterocycles. The molecular formula is C25H23N3O. The number of benzene rings is 3. The van der Waals surface area contributed by atoms with E-state index < -0.39 is 0 Å². The summed E-state index contributed by atoms with van der Waals surface area (Å²) in [7, 11) is 1.67. The Morgan fingerprint density at radius 3 is 2.10 bits per heavy atom. The van der Waals surface area contributed by atoms with Gasteiger partial charge >= 0.3 is 0 Å². The molecule has 0 unspecified atom stereocenters. The molecule has 29 heavy (non-hydrogen) atoms. The first-order valence-electron chi connectivity index (χ1n) is 9.61. The summed E-state index contributed by atoms with van der Waals surface area (Å²) in [5.74, 6) is 2.37. The number of aromatic nitrogens is 2. The van der Waals surface area contributed by atoms with Crippen LogP contribution in [0, 0.1) is 6.92 Å². The average molecular weight is 381 g/mol. The lowest BCUT2D eigenvalue weighted by atomic mass is 10.0. The van der Waals surface area contributed by atoms with Gasteiger partial charge < -0.3 is 10.1 Å². The third-order valence-electron chi connectivity index (χ3n) is 4.82.